The maximum atomic E-state index is 13.1. The van der Waals surface area contributed by atoms with Crippen molar-refractivity contribution in [3.05, 3.63) is 0 Å². The van der Waals surface area contributed by atoms with Gasteiger partial charge in [-0.2, -0.15) is 0 Å². The number of nitrogens with one attached hydrogen (secondary N) is 2. The number of thioether (sulfide) groups is 2. The number of carboxylic acid groups (broad SMARTS) is 1. The van der Waals surface area contributed by atoms with Gasteiger partial charge in [-0.05, 0) is 19.9 Å². The van der Waals surface area contributed by atoms with Gasteiger partial charge in [0.05, 0.1) is 10.1 Å². The first kappa shape index (κ1) is 20.4. The number of carbonyl (C=O) groups excluding carboxylic acids is 2. The fourth-order valence-electron chi connectivity index (χ4n) is 3.10. The molecule has 9 heteroatoms. The summed E-state index contributed by atoms with van der Waals surface area (Å²) in [5, 5.41) is 15.2. The molecule has 2 aliphatic rings. The third kappa shape index (κ3) is 4.43. The molecule has 0 radical (unpaired) electrons. The number of amides is 2. The minimum Gasteiger partial charge on any atom is -0.480 e. The standard InChI is InChI=1S/C16H27N3O4S2/c1-9(2)12(18-13(20)10(3)17-4)14(21)19-8-16(24-5-6-25-16)7-11(19)15(22)23/h9-12,17H,5-8H2,1-4H3,(H,18,20)(H,22,23). The zero-order chi connectivity index (χ0) is 18.8. The minimum atomic E-state index is -0.976. The third-order valence-electron chi connectivity index (χ3n) is 4.73. The lowest BCUT2D eigenvalue weighted by molar-refractivity contribution is -0.150. The number of hydrogen-bond donors (Lipinski definition) is 3. The van der Waals surface area contributed by atoms with Crippen LogP contribution in [0.1, 0.15) is 27.2 Å². The van der Waals surface area contributed by atoms with Gasteiger partial charge < -0.3 is 20.6 Å². The zero-order valence-electron chi connectivity index (χ0n) is 15.1. The van der Waals surface area contributed by atoms with Crippen LogP contribution in [0, 0.1) is 5.92 Å². The predicted octanol–water partition coefficient (Wildman–Crippen LogP) is 0.597. The summed E-state index contributed by atoms with van der Waals surface area (Å²) in [7, 11) is 1.68. The van der Waals surface area contributed by atoms with Gasteiger partial charge in [-0.1, -0.05) is 13.8 Å². The molecule has 25 heavy (non-hydrogen) atoms. The van der Waals surface area contributed by atoms with Crippen LogP contribution >= 0.6 is 23.5 Å². The van der Waals surface area contributed by atoms with Gasteiger partial charge in [0.1, 0.15) is 12.1 Å². The minimum absolute atomic E-state index is 0.129. The molecule has 2 heterocycles. The first-order valence-electron chi connectivity index (χ1n) is 8.49. The van der Waals surface area contributed by atoms with Crippen molar-refractivity contribution in [2.24, 2.45) is 5.92 Å². The second-order valence-electron chi connectivity index (χ2n) is 6.87. The number of rotatable bonds is 6. The fourth-order valence-corrected chi connectivity index (χ4v) is 6.36. The van der Waals surface area contributed by atoms with E-state index in [1.54, 1.807) is 37.5 Å². The Hall–Kier alpha value is -0.930. The van der Waals surface area contributed by atoms with E-state index in [0.29, 0.717) is 13.0 Å². The fraction of sp³-hybridized carbons (Fsp3) is 0.812. The van der Waals surface area contributed by atoms with Crippen LogP contribution < -0.4 is 10.6 Å². The first-order valence-corrected chi connectivity index (χ1v) is 10.5. The zero-order valence-corrected chi connectivity index (χ0v) is 16.7. The van der Waals surface area contributed by atoms with Crippen molar-refractivity contribution in [1.82, 2.24) is 15.5 Å². The molecule has 1 spiro atoms. The van der Waals surface area contributed by atoms with Crippen LogP contribution in [-0.2, 0) is 14.4 Å². The Labute approximate surface area is 157 Å². The number of carboxylic acids is 1. The summed E-state index contributed by atoms with van der Waals surface area (Å²) in [6.45, 7) is 5.84. The van der Waals surface area contributed by atoms with E-state index in [4.69, 9.17) is 0 Å². The monoisotopic (exact) mass is 389 g/mol. The molecule has 2 saturated heterocycles. The van der Waals surface area contributed by atoms with Crippen LogP contribution in [0.2, 0.25) is 0 Å². The molecular weight excluding hydrogens is 362 g/mol. The Morgan fingerprint density at radius 1 is 1.20 bits per heavy atom. The summed E-state index contributed by atoms with van der Waals surface area (Å²) in [5.41, 5.74) is 0. The van der Waals surface area contributed by atoms with E-state index in [2.05, 4.69) is 10.6 Å². The summed E-state index contributed by atoms with van der Waals surface area (Å²) >= 11 is 3.49. The molecule has 0 bridgehead atoms. The van der Waals surface area contributed by atoms with Gasteiger partial charge in [-0.25, -0.2) is 4.79 Å². The van der Waals surface area contributed by atoms with E-state index < -0.39 is 24.1 Å². The third-order valence-corrected chi connectivity index (χ3v) is 8.16. The lowest BCUT2D eigenvalue weighted by Crippen LogP contribution is -2.56. The Balaban J connectivity index is 2.18. The lowest BCUT2D eigenvalue weighted by Gasteiger charge is -2.30. The summed E-state index contributed by atoms with van der Waals surface area (Å²) < 4.78 is -0.220. The van der Waals surface area contributed by atoms with E-state index in [9.17, 15) is 19.5 Å². The van der Waals surface area contributed by atoms with Gasteiger partial charge in [-0.15, -0.1) is 23.5 Å². The molecule has 142 valence electrons. The van der Waals surface area contributed by atoms with Gasteiger partial charge in [0.2, 0.25) is 11.8 Å². The number of hydrogen-bond acceptors (Lipinski definition) is 6. The van der Waals surface area contributed by atoms with Crippen LogP contribution in [0.3, 0.4) is 0 Å². The highest BCUT2D eigenvalue weighted by molar-refractivity contribution is 8.21. The molecule has 0 aromatic carbocycles. The van der Waals surface area contributed by atoms with Crippen LogP contribution in [0.5, 0.6) is 0 Å². The maximum Gasteiger partial charge on any atom is 0.326 e. The molecule has 0 saturated carbocycles. The average molecular weight is 390 g/mol. The molecule has 0 aromatic heterocycles. The molecule has 2 amide bonds. The second-order valence-corrected chi connectivity index (χ2v) is 10.1. The number of likely N-dealkylation sites (N-methyl/N-ethyl adjacent to an activating group) is 1. The number of carbonyl (C=O) groups is 3. The van der Waals surface area contributed by atoms with Crippen molar-refractivity contribution >= 4 is 41.3 Å². The van der Waals surface area contributed by atoms with E-state index in [1.165, 1.54) is 4.90 Å². The van der Waals surface area contributed by atoms with Crippen LogP contribution in [0.25, 0.3) is 0 Å². The van der Waals surface area contributed by atoms with Crippen molar-refractivity contribution in [3.63, 3.8) is 0 Å². The van der Waals surface area contributed by atoms with E-state index >= 15 is 0 Å². The van der Waals surface area contributed by atoms with E-state index in [1.807, 2.05) is 13.8 Å². The molecule has 2 fully saturated rings. The highest BCUT2D eigenvalue weighted by Crippen LogP contribution is 2.51. The first-order chi connectivity index (χ1) is 11.7. The molecule has 3 unspecified atom stereocenters. The smallest absolute Gasteiger partial charge is 0.326 e. The van der Waals surface area contributed by atoms with Crippen molar-refractivity contribution in [3.8, 4) is 0 Å². The second kappa shape index (κ2) is 8.18. The maximum absolute atomic E-state index is 13.1. The van der Waals surface area contributed by atoms with Crippen LogP contribution in [0.15, 0.2) is 0 Å². The molecule has 7 nitrogen and oxygen atoms in total. The van der Waals surface area contributed by atoms with Crippen molar-refractivity contribution in [1.29, 1.82) is 0 Å². The van der Waals surface area contributed by atoms with E-state index in [-0.39, 0.29) is 21.8 Å². The van der Waals surface area contributed by atoms with Gasteiger partial charge >= 0.3 is 5.97 Å². The lowest BCUT2D eigenvalue weighted by atomic mass is 10.0. The van der Waals surface area contributed by atoms with Crippen LogP contribution in [0.4, 0.5) is 0 Å². The number of likely N-dealkylation sites (tertiary alicyclic amines) is 1. The SMILES string of the molecule is CNC(C)C(=O)NC(C(=O)N1CC2(CC1C(=O)O)SCCS2)C(C)C. The molecule has 2 aliphatic heterocycles. The van der Waals surface area contributed by atoms with Gasteiger partial charge in [0.15, 0.2) is 0 Å². The van der Waals surface area contributed by atoms with Crippen molar-refractivity contribution < 1.29 is 19.5 Å². The van der Waals surface area contributed by atoms with Crippen molar-refractivity contribution in [2.45, 2.75) is 49.4 Å². The van der Waals surface area contributed by atoms with Gasteiger partial charge in [0.25, 0.3) is 0 Å². The molecule has 0 aromatic rings. The Kier molecular flexibility index (Phi) is 6.67. The predicted molar refractivity (Wildman–Crippen MR) is 101 cm³/mol. The highest BCUT2D eigenvalue weighted by atomic mass is 32.2. The summed E-state index contributed by atoms with van der Waals surface area (Å²) in [4.78, 5) is 38.5. The average Bonchev–Trinajstić information content (AvgIpc) is 3.18. The number of nitrogens with zero attached hydrogens (tertiary/aromatic N) is 1. The molecule has 0 aliphatic carbocycles. The topological polar surface area (TPSA) is 98.7 Å². The number of aliphatic carboxylic acids is 1. The summed E-state index contributed by atoms with van der Waals surface area (Å²) in [6, 6.07) is -1.97. The highest BCUT2D eigenvalue weighted by Gasteiger charge is 2.52. The van der Waals surface area contributed by atoms with Gasteiger partial charge in [0, 0.05) is 24.5 Å². The largest absolute Gasteiger partial charge is 0.480 e. The molecule has 2 rings (SSSR count). The van der Waals surface area contributed by atoms with Gasteiger partial charge in [-0.3, -0.25) is 9.59 Å². The van der Waals surface area contributed by atoms with E-state index in [0.717, 1.165) is 11.5 Å². The summed E-state index contributed by atoms with van der Waals surface area (Å²) in [5.74, 6) is 0.279. The molecule has 3 N–H and O–H groups in total. The van der Waals surface area contributed by atoms with Crippen molar-refractivity contribution in [2.75, 3.05) is 25.1 Å². The Bertz CT molecular complexity index is 537. The normalized spacial score (nSPS) is 24.5. The Morgan fingerprint density at radius 3 is 2.28 bits per heavy atom. The quantitative estimate of drug-likeness (QED) is 0.612. The molecule has 3 atom stereocenters. The summed E-state index contributed by atoms with van der Waals surface area (Å²) in [6.07, 6.45) is 0.453. The van der Waals surface area contributed by atoms with Crippen LogP contribution in [-0.4, -0.2) is 75.1 Å². The molecular formula is C16H27N3O4S2. The Morgan fingerprint density at radius 2 is 1.80 bits per heavy atom.